The fraction of sp³-hybridized carbons (Fsp3) is 0.571. The molecule has 3 rings (SSSR count). The van der Waals surface area contributed by atoms with Crippen molar-refractivity contribution in [3.63, 3.8) is 0 Å². The van der Waals surface area contributed by atoms with Crippen LogP contribution in [0, 0.1) is 5.92 Å². The molecule has 0 saturated heterocycles. The summed E-state index contributed by atoms with van der Waals surface area (Å²) < 4.78 is 11.3. The summed E-state index contributed by atoms with van der Waals surface area (Å²) in [4.78, 5) is 0. The summed E-state index contributed by atoms with van der Waals surface area (Å²) in [6.45, 7) is 4.47. The van der Waals surface area contributed by atoms with Gasteiger partial charge in [0.2, 0.25) is 0 Å². The predicted molar refractivity (Wildman–Crippen MR) is 71.5 cm³/mol. The predicted octanol–water partition coefficient (Wildman–Crippen LogP) is 3.00. The molecule has 1 aliphatic heterocycles. The number of hydrogen-bond donors (Lipinski definition) is 1. The summed E-state index contributed by atoms with van der Waals surface area (Å²) in [5, 5.41) is 4.17. The molecule has 3 nitrogen and oxygen atoms in total. The van der Waals surface area contributed by atoms with Gasteiger partial charge in [0, 0.05) is 19.0 Å². The van der Waals surface area contributed by atoms with Crippen LogP contribution in [0.2, 0.25) is 5.02 Å². The maximum absolute atomic E-state index is 6.25. The van der Waals surface area contributed by atoms with E-state index in [9.17, 15) is 0 Å². The van der Waals surface area contributed by atoms with Crippen LogP contribution in [-0.4, -0.2) is 19.3 Å². The Balaban J connectivity index is 1.74. The second-order valence-electron chi connectivity index (χ2n) is 5.16. The van der Waals surface area contributed by atoms with Gasteiger partial charge < -0.3 is 14.8 Å². The van der Waals surface area contributed by atoms with E-state index in [1.54, 1.807) is 0 Å². The topological polar surface area (TPSA) is 30.5 Å². The quantitative estimate of drug-likeness (QED) is 0.913. The molecule has 0 radical (unpaired) electrons. The van der Waals surface area contributed by atoms with Gasteiger partial charge in [-0.15, -0.1) is 0 Å². The lowest BCUT2D eigenvalue weighted by Crippen LogP contribution is -2.17. The first-order valence-corrected chi connectivity index (χ1v) is 6.93. The van der Waals surface area contributed by atoms with Gasteiger partial charge in [0.15, 0.2) is 11.5 Å². The number of ether oxygens (including phenoxy) is 2. The normalized spacial score (nSPS) is 25.7. The highest BCUT2D eigenvalue weighted by Crippen LogP contribution is 2.38. The maximum Gasteiger partial charge on any atom is 0.179 e. The first kappa shape index (κ1) is 12.1. The summed E-state index contributed by atoms with van der Waals surface area (Å²) in [7, 11) is 0. The second kappa shape index (κ2) is 4.98. The van der Waals surface area contributed by atoms with Gasteiger partial charge in [-0.2, -0.15) is 0 Å². The van der Waals surface area contributed by atoms with Gasteiger partial charge in [-0.25, -0.2) is 0 Å². The number of halogens is 1. The minimum atomic E-state index is 0.648. The van der Waals surface area contributed by atoms with Crippen molar-refractivity contribution in [3.8, 4) is 11.5 Å². The third-order valence-electron chi connectivity index (χ3n) is 3.54. The van der Waals surface area contributed by atoms with Gasteiger partial charge >= 0.3 is 0 Å². The van der Waals surface area contributed by atoms with Crippen molar-refractivity contribution in [2.45, 2.75) is 32.4 Å². The largest absolute Gasteiger partial charge is 0.489 e. The highest BCUT2D eigenvalue weighted by Gasteiger charge is 2.31. The van der Waals surface area contributed by atoms with Gasteiger partial charge in [0.1, 0.15) is 0 Å². The van der Waals surface area contributed by atoms with Gasteiger partial charge in [-0.05, 0) is 30.0 Å². The van der Waals surface area contributed by atoms with Crippen molar-refractivity contribution < 1.29 is 9.47 Å². The molecule has 1 saturated carbocycles. The van der Waals surface area contributed by atoms with Crippen LogP contribution in [0.5, 0.6) is 11.5 Å². The summed E-state index contributed by atoms with van der Waals surface area (Å²) in [6, 6.07) is 4.67. The van der Waals surface area contributed by atoms with Crippen LogP contribution in [0.3, 0.4) is 0 Å². The van der Waals surface area contributed by atoms with Gasteiger partial charge in [-0.3, -0.25) is 0 Å². The number of rotatable bonds is 3. The number of hydrogen-bond acceptors (Lipinski definition) is 3. The molecule has 1 heterocycles. The molecule has 4 heteroatoms. The highest BCUT2D eigenvalue weighted by atomic mass is 35.5. The Morgan fingerprint density at radius 2 is 2.11 bits per heavy atom. The van der Waals surface area contributed by atoms with Crippen molar-refractivity contribution >= 4 is 11.6 Å². The smallest absolute Gasteiger partial charge is 0.179 e. The molecule has 1 aromatic carbocycles. The molecular weight excluding hydrogens is 250 g/mol. The van der Waals surface area contributed by atoms with Crippen molar-refractivity contribution in [2.24, 2.45) is 5.92 Å². The fourth-order valence-corrected chi connectivity index (χ4v) is 2.53. The van der Waals surface area contributed by atoms with Crippen molar-refractivity contribution in [1.29, 1.82) is 0 Å². The third-order valence-corrected chi connectivity index (χ3v) is 3.82. The first-order chi connectivity index (χ1) is 8.74. The number of benzene rings is 1. The molecule has 0 aromatic heterocycles. The molecule has 0 spiro atoms. The summed E-state index contributed by atoms with van der Waals surface area (Å²) >= 11 is 6.25. The highest BCUT2D eigenvalue weighted by molar-refractivity contribution is 6.32. The van der Waals surface area contributed by atoms with Crippen molar-refractivity contribution in [3.05, 3.63) is 22.7 Å². The maximum atomic E-state index is 6.25. The zero-order valence-corrected chi connectivity index (χ0v) is 11.3. The average molecular weight is 268 g/mol. The van der Waals surface area contributed by atoms with E-state index >= 15 is 0 Å². The van der Waals surface area contributed by atoms with Crippen molar-refractivity contribution in [2.75, 3.05) is 13.2 Å². The van der Waals surface area contributed by atoms with Crippen LogP contribution in [0.15, 0.2) is 12.1 Å². The van der Waals surface area contributed by atoms with E-state index < -0.39 is 0 Å². The lowest BCUT2D eigenvalue weighted by molar-refractivity contribution is 0.297. The van der Waals surface area contributed by atoms with Crippen LogP contribution in [-0.2, 0) is 6.54 Å². The molecule has 0 bridgehead atoms. The van der Waals surface area contributed by atoms with Gasteiger partial charge in [0.05, 0.1) is 18.2 Å². The molecular formula is C14H18ClNO2. The Bertz CT molecular complexity index is 450. The third kappa shape index (κ3) is 2.57. The Kier molecular flexibility index (Phi) is 3.35. The molecule has 18 heavy (non-hydrogen) atoms. The van der Waals surface area contributed by atoms with E-state index in [1.165, 1.54) is 6.42 Å². The molecule has 2 aliphatic rings. The van der Waals surface area contributed by atoms with Crippen LogP contribution in [0.4, 0.5) is 0 Å². The minimum Gasteiger partial charge on any atom is -0.489 e. The molecule has 1 N–H and O–H groups in total. The van der Waals surface area contributed by atoms with Gasteiger partial charge in [0.25, 0.3) is 0 Å². The van der Waals surface area contributed by atoms with Gasteiger partial charge in [-0.1, -0.05) is 18.5 Å². The Morgan fingerprint density at radius 3 is 2.89 bits per heavy atom. The van der Waals surface area contributed by atoms with E-state index in [2.05, 4.69) is 12.2 Å². The van der Waals surface area contributed by atoms with E-state index in [4.69, 9.17) is 21.1 Å². The zero-order chi connectivity index (χ0) is 12.5. The molecule has 1 fully saturated rings. The summed E-state index contributed by atoms with van der Waals surface area (Å²) in [5.41, 5.74) is 1.16. The molecule has 98 valence electrons. The fourth-order valence-electron chi connectivity index (χ4n) is 2.24. The average Bonchev–Trinajstić information content (AvgIpc) is 3.08. The van der Waals surface area contributed by atoms with Crippen LogP contribution in [0.1, 0.15) is 25.3 Å². The van der Waals surface area contributed by atoms with Crippen LogP contribution < -0.4 is 14.8 Å². The van der Waals surface area contributed by atoms with Crippen molar-refractivity contribution in [1.82, 2.24) is 5.32 Å². The van der Waals surface area contributed by atoms with E-state index in [0.29, 0.717) is 30.0 Å². The number of fused-ring (bicyclic) bond motifs is 1. The molecule has 1 aromatic rings. The SMILES string of the molecule is CC1CC1NCc1cc(Cl)c2c(c1)OCCCO2. The minimum absolute atomic E-state index is 0.648. The Hall–Kier alpha value is -0.930. The summed E-state index contributed by atoms with van der Waals surface area (Å²) in [5.74, 6) is 2.28. The lowest BCUT2D eigenvalue weighted by atomic mass is 10.2. The first-order valence-electron chi connectivity index (χ1n) is 6.55. The van der Waals surface area contributed by atoms with E-state index in [0.717, 1.165) is 30.2 Å². The van der Waals surface area contributed by atoms with Crippen LogP contribution >= 0.6 is 11.6 Å². The standard InChI is InChI=1S/C14H18ClNO2/c1-9-5-12(9)16-8-10-6-11(15)14-13(7-10)17-3-2-4-18-14/h6-7,9,12,16H,2-5,8H2,1H3. The molecule has 1 aliphatic carbocycles. The zero-order valence-electron chi connectivity index (χ0n) is 10.5. The van der Waals surface area contributed by atoms with E-state index in [1.807, 2.05) is 12.1 Å². The lowest BCUT2D eigenvalue weighted by Gasteiger charge is -2.12. The second-order valence-corrected chi connectivity index (χ2v) is 5.56. The van der Waals surface area contributed by atoms with E-state index in [-0.39, 0.29) is 0 Å². The molecule has 0 amide bonds. The number of nitrogens with one attached hydrogen (secondary N) is 1. The van der Waals surface area contributed by atoms with Crippen LogP contribution in [0.25, 0.3) is 0 Å². The Labute approximate surface area is 112 Å². The molecule has 2 atom stereocenters. The summed E-state index contributed by atoms with van der Waals surface area (Å²) in [6.07, 6.45) is 2.18. The molecule has 2 unspecified atom stereocenters. The monoisotopic (exact) mass is 267 g/mol. The Morgan fingerprint density at radius 1 is 1.33 bits per heavy atom.